The van der Waals surface area contributed by atoms with Gasteiger partial charge in [-0.2, -0.15) is 0 Å². The summed E-state index contributed by atoms with van der Waals surface area (Å²) in [5.41, 5.74) is 7.22. The van der Waals surface area contributed by atoms with Crippen molar-refractivity contribution in [1.29, 1.82) is 0 Å². The summed E-state index contributed by atoms with van der Waals surface area (Å²) in [7, 11) is 0. The lowest BCUT2D eigenvalue weighted by Gasteiger charge is -2.19. The zero-order valence-electron chi connectivity index (χ0n) is 11.6. The summed E-state index contributed by atoms with van der Waals surface area (Å²) < 4.78 is 1.37. The SMILES string of the molecule is Cc1cccc(C(Br)c2ccc3c(c2)CCCC3)c1I. The molecule has 0 saturated carbocycles. The van der Waals surface area contributed by atoms with Gasteiger partial charge in [0.1, 0.15) is 0 Å². The third-order valence-corrected chi connectivity index (χ3v) is 6.66. The number of alkyl halides is 1. The van der Waals surface area contributed by atoms with Gasteiger partial charge in [0.2, 0.25) is 0 Å². The topological polar surface area (TPSA) is 0 Å². The first-order valence-corrected chi connectivity index (χ1v) is 9.17. The van der Waals surface area contributed by atoms with Gasteiger partial charge in [-0.25, -0.2) is 0 Å². The van der Waals surface area contributed by atoms with Crippen molar-refractivity contribution in [2.75, 3.05) is 0 Å². The molecule has 2 heteroatoms. The van der Waals surface area contributed by atoms with E-state index in [2.05, 4.69) is 81.8 Å². The molecular formula is C18H18BrI. The maximum atomic E-state index is 3.90. The Balaban J connectivity index is 1.98. The number of halogens is 2. The van der Waals surface area contributed by atoms with Crippen LogP contribution in [0.2, 0.25) is 0 Å². The minimum atomic E-state index is 0.293. The molecule has 0 aliphatic heterocycles. The third-order valence-electron chi connectivity index (χ3n) is 4.16. The molecule has 104 valence electrons. The van der Waals surface area contributed by atoms with Crippen LogP contribution >= 0.6 is 38.5 Å². The maximum Gasteiger partial charge on any atom is 0.0655 e. The van der Waals surface area contributed by atoms with Gasteiger partial charge in [0.25, 0.3) is 0 Å². The highest BCUT2D eigenvalue weighted by molar-refractivity contribution is 14.1. The van der Waals surface area contributed by atoms with Crippen LogP contribution in [0.3, 0.4) is 0 Å². The second-order valence-corrected chi connectivity index (χ2v) is 7.57. The third kappa shape index (κ3) is 2.82. The van der Waals surface area contributed by atoms with E-state index in [0.29, 0.717) is 4.83 Å². The summed E-state index contributed by atoms with van der Waals surface area (Å²) in [4.78, 5) is 0.293. The number of fused-ring (bicyclic) bond motifs is 1. The second-order valence-electron chi connectivity index (χ2n) is 5.58. The Bertz CT molecular complexity index is 633. The van der Waals surface area contributed by atoms with E-state index in [4.69, 9.17) is 0 Å². The van der Waals surface area contributed by atoms with Crippen molar-refractivity contribution in [3.8, 4) is 0 Å². The van der Waals surface area contributed by atoms with Crippen molar-refractivity contribution in [3.05, 3.63) is 67.8 Å². The van der Waals surface area contributed by atoms with Crippen molar-refractivity contribution in [2.24, 2.45) is 0 Å². The summed E-state index contributed by atoms with van der Waals surface area (Å²) in [6, 6.07) is 13.6. The Hall–Kier alpha value is -0.350. The van der Waals surface area contributed by atoms with E-state index in [1.807, 2.05) is 0 Å². The molecule has 0 bridgehead atoms. The average Bonchev–Trinajstić information content (AvgIpc) is 2.49. The first-order chi connectivity index (χ1) is 9.66. The molecule has 0 saturated heterocycles. The highest BCUT2D eigenvalue weighted by Gasteiger charge is 2.17. The van der Waals surface area contributed by atoms with E-state index in [1.54, 1.807) is 11.1 Å². The Morgan fingerprint density at radius 2 is 1.80 bits per heavy atom. The fourth-order valence-corrected chi connectivity index (χ4v) is 4.72. The van der Waals surface area contributed by atoms with Crippen molar-refractivity contribution < 1.29 is 0 Å². The molecule has 0 nitrogen and oxygen atoms in total. The molecule has 0 fully saturated rings. The minimum Gasteiger partial charge on any atom is -0.0786 e. The monoisotopic (exact) mass is 440 g/mol. The minimum absolute atomic E-state index is 0.293. The summed E-state index contributed by atoms with van der Waals surface area (Å²) >= 11 is 6.36. The maximum absolute atomic E-state index is 3.90. The molecule has 2 aromatic carbocycles. The molecule has 1 aliphatic rings. The number of aryl methyl sites for hydroxylation is 3. The molecule has 3 rings (SSSR count). The quantitative estimate of drug-likeness (QED) is 0.399. The largest absolute Gasteiger partial charge is 0.0786 e. The van der Waals surface area contributed by atoms with E-state index in [1.165, 1.54) is 45.9 Å². The van der Waals surface area contributed by atoms with Crippen LogP contribution in [0.4, 0.5) is 0 Å². The number of benzene rings is 2. The van der Waals surface area contributed by atoms with Gasteiger partial charge >= 0.3 is 0 Å². The van der Waals surface area contributed by atoms with Gasteiger partial charge in [-0.15, -0.1) is 0 Å². The summed E-state index contributed by atoms with van der Waals surface area (Å²) in [6.07, 6.45) is 5.18. The van der Waals surface area contributed by atoms with E-state index in [0.717, 1.165) is 0 Å². The lowest BCUT2D eigenvalue weighted by Crippen LogP contribution is -2.05. The molecule has 0 spiro atoms. The van der Waals surface area contributed by atoms with Crippen LogP contribution < -0.4 is 0 Å². The molecule has 0 N–H and O–H groups in total. The van der Waals surface area contributed by atoms with Crippen LogP contribution in [-0.2, 0) is 12.8 Å². The Morgan fingerprint density at radius 3 is 2.60 bits per heavy atom. The van der Waals surface area contributed by atoms with Crippen LogP contribution in [0.1, 0.15) is 45.5 Å². The van der Waals surface area contributed by atoms with Crippen molar-refractivity contribution in [1.82, 2.24) is 0 Å². The zero-order chi connectivity index (χ0) is 14.1. The van der Waals surface area contributed by atoms with Crippen LogP contribution in [0.15, 0.2) is 36.4 Å². The van der Waals surface area contributed by atoms with Gasteiger partial charge < -0.3 is 0 Å². The molecule has 1 aliphatic carbocycles. The predicted molar refractivity (Wildman–Crippen MR) is 97.8 cm³/mol. The molecule has 2 aromatic rings. The van der Waals surface area contributed by atoms with Crippen molar-refractivity contribution >= 4 is 38.5 Å². The second kappa shape index (κ2) is 6.18. The fourth-order valence-electron chi connectivity index (χ4n) is 2.96. The first-order valence-electron chi connectivity index (χ1n) is 7.17. The predicted octanol–water partition coefficient (Wildman–Crippen LogP) is 5.96. The molecule has 0 radical (unpaired) electrons. The van der Waals surface area contributed by atoms with Crippen molar-refractivity contribution in [2.45, 2.75) is 37.4 Å². The molecule has 0 heterocycles. The lowest BCUT2D eigenvalue weighted by molar-refractivity contribution is 0.684. The number of hydrogen-bond acceptors (Lipinski definition) is 0. The standard InChI is InChI=1S/C18H18BrI/c1-12-5-4-8-16(18(12)20)17(19)15-10-9-13-6-2-3-7-14(13)11-15/h4-5,8-11,17H,2-3,6-7H2,1H3. The number of rotatable bonds is 2. The molecule has 1 unspecified atom stereocenters. The Labute approximate surface area is 143 Å². The first kappa shape index (κ1) is 14.6. The van der Waals surface area contributed by atoms with E-state index >= 15 is 0 Å². The molecule has 20 heavy (non-hydrogen) atoms. The van der Waals surface area contributed by atoms with Crippen LogP contribution in [0.25, 0.3) is 0 Å². The molecular weight excluding hydrogens is 423 g/mol. The summed E-state index contributed by atoms with van der Waals surface area (Å²) in [5.74, 6) is 0. The smallest absolute Gasteiger partial charge is 0.0655 e. The van der Waals surface area contributed by atoms with Gasteiger partial charge in [-0.05, 0) is 83.0 Å². The normalized spacial score (nSPS) is 15.8. The van der Waals surface area contributed by atoms with E-state index < -0.39 is 0 Å². The van der Waals surface area contributed by atoms with Gasteiger partial charge in [-0.3, -0.25) is 0 Å². The van der Waals surface area contributed by atoms with Gasteiger partial charge in [0, 0.05) is 3.57 Å². The fraction of sp³-hybridized carbons (Fsp3) is 0.333. The Kier molecular flexibility index (Phi) is 4.51. The lowest BCUT2D eigenvalue weighted by atomic mass is 9.89. The Morgan fingerprint density at radius 1 is 1.05 bits per heavy atom. The highest BCUT2D eigenvalue weighted by Crippen LogP contribution is 2.36. The van der Waals surface area contributed by atoms with Gasteiger partial charge in [0.05, 0.1) is 4.83 Å². The zero-order valence-corrected chi connectivity index (χ0v) is 15.4. The van der Waals surface area contributed by atoms with E-state index in [-0.39, 0.29) is 0 Å². The van der Waals surface area contributed by atoms with Crippen LogP contribution in [0.5, 0.6) is 0 Å². The molecule has 0 amide bonds. The average molecular weight is 441 g/mol. The number of hydrogen-bond donors (Lipinski definition) is 0. The molecule has 0 aromatic heterocycles. The van der Waals surface area contributed by atoms with E-state index in [9.17, 15) is 0 Å². The van der Waals surface area contributed by atoms with Gasteiger partial charge in [0.15, 0.2) is 0 Å². The van der Waals surface area contributed by atoms with Crippen LogP contribution in [-0.4, -0.2) is 0 Å². The summed E-state index contributed by atoms with van der Waals surface area (Å²) in [6.45, 7) is 2.18. The highest BCUT2D eigenvalue weighted by atomic mass is 127. The molecule has 1 atom stereocenters. The van der Waals surface area contributed by atoms with Gasteiger partial charge in [-0.1, -0.05) is 52.3 Å². The van der Waals surface area contributed by atoms with Crippen LogP contribution in [0, 0.1) is 10.5 Å². The van der Waals surface area contributed by atoms with Crippen molar-refractivity contribution in [3.63, 3.8) is 0 Å². The summed E-state index contributed by atoms with van der Waals surface area (Å²) in [5, 5.41) is 0.